The standard InChI is InChI=1S/C21H20ClN3O4/c1-25(13-15-5-3-2-4-6-15)19(26)14-28-20(27)12-11-18-23-21(24-29-18)16-7-9-17(22)10-8-16/h2-10H,11-14H2,1H3. The highest BCUT2D eigenvalue weighted by Gasteiger charge is 2.14. The number of hydrogen-bond acceptors (Lipinski definition) is 6. The van der Waals surface area contributed by atoms with Gasteiger partial charge in [0.05, 0.1) is 6.42 Å². The van der Waals surface area contributed by atoms with Crippen LogP contribution in [0.1, 0.15) is 17.9 Å². The Bertz CT molecular complexity index is 958. The molecule has 0 saturated carbocycles. The van der Waals surface area contributed by atoms with Gasteiger partial charge in [-0.05, 0) is 29.8 Å². The molecule has 3 aromatic rings. The first-order valence-corrected chi connectivity index (χ1v) is 9.41. The Morgan fingerprint density at radius 1 is 1.10 bits per heavy atom. The molecule has 0 radical (unpaired) electrons. The van der Waals surface area contributed by atoms with Gasteiger partial charge in [-0.1, -0.05) is 47.1 Å². The second-order valence-electron chi connectivity index (χ2n) is 6.41. The van der Waals surface area contributed by atoms with Gasteiger partial charge < -0.3 is 14.2 Å². The number of carbonyl (C=O) groups is 2. The Labute approximate surface area is 173 Å². The molecule has 0 aliphatic rings. The number of likely N-dealkylation sites (N-methyl/N-ethyl adjacent to an activating group) is 1. The van der Waals surface area contributed by atoms with Crippen LogP contribution < -0.4 is 0 Å². The summed E-state index contributed by atoms with van der Waals surface area (Å²) in [6.45, 7) is 0.148. The summed E-state index contributed by atoms with van der Waals surface area (Å²) in [5.41, 5.74) is 1.77. The number of hydrogen-bond donors (Lipinski definition) is 0. The number of benzene rings is 2. The van der Waals surface area contributed by atoms with E-state index in [2.05, 4.69) is 10.1 Å². The number of halogens is 1. The molecule has 1 amide bonds. The number of ether oxygens (including phenoxy) is 1. The Kier molecular flexibility index (Phi) is 6.97. The molecule has 0 saturated heterocycles. The van der Waals surface area contributed by atoms with E-state index in [-0.39, 0.29) is 25.4 Å². The number of aromatic nitrogens is 2. The fraction of sp³-hybridized carbons (Fsp3) is 0.238. The molecule has 2 aromatic carbocycles. The van der Waals surface area contributed by atoms with Gasteiger partial charge in [0.15, 0.2) is 6.61 Å². The van der Waals surface area contributed by atoms with Crippen LogP contribution in [0.25, 0.3) is 11.4 Å². The predicted molar refractivity (Wildman–Crippen MR) is 107 cm³/mol. The predicted octanol–water partition coefficient (Wildman–Crippen LogP) is 3.52. The van der Waals surface area contributed by atoms with Crippen molar-refractivity contribution in [2.75, 3.05) is 13.7 Å². The molecule has 0 bridgehead atoms. The lowest BCUT2D eigenvalue weighted by molar-refractivity contribution is -0.151. The van der Waals surface area contributed by atoms with E-state index in [1.807, 2.05) is 30.3 Å². The molecule has 0 unspecified atom stereocenters. The van der Waals surface area contributed by atoms with E-state index in [1.54, 1.807) is 31.3 Å². The first-order chi connectivity index (χ1) is 14.0. The number of nitrogens with zero attached hydrogens (tertiary/aromatic N) is 3. The van der Waals surface area contributed by atoms with Crippen molar-refractivity contribution in [3.63, 3.8) is 0 Å². The van der Waals surface area contributed by atoms with Crippen LogP contribution in [-0.2, 0) is 27.3 Å². The van der Waals surface area contributed by atoms with E-state index in [1.165, 1.54) is 4.90 Å². The fourth-order valence-electron chi connectivity index (χ4n) is 2.55. The summed E-state index contributed by atoms with van der Waals surface area (Å²) in [7, 11) is 1.67. The van der Waals surface area contributed by atoms with Crippen LogP contribution in [0.3, 0.4) is 0 Å². The van der Waals surface area contributed by atoms with Crippen molar-refractivity contribution in [2.24, 2.45) is 0 Å². The highest BCUT2D eigenvalue weighted by molar-refractivity contribution is 6.30. The normalized spacial score (nSPS) is 10.6. The average Bonchev–Trinajstić information content (AvgIpc) is 3.20. The molecule has 8 heteroatoms. The second kappa shape index (κ2) is 9.84. The molecule has 7 nitrogen and oxygen atoms in total. The maximum Gasteiger partial charge on any atom is 0.306 e. The fourth-order valence-corrected chi connectivity index (χ4v) is 2.68. The zero-order valence-corrected chi connectivity index (χ0v) is 16.6. The summed E-state index contributed by atoms with van der Waals surface area (Å²) < 4.78 is 10.2. The zero-order valence-electron chi connectivity index (χ0n) is 15.9. The van der Waals surface area contributed by atoms with Crippen molar-refractivity contribution >= 4 is 23.5 Å². The van der Waals surface area contributed by atoms with Crippen molar-refractivity contribution in [1.82, 2.24) is 15.0 Å². The van der Waals surface area contributed by atoms with Gasteiger partial charge >= 0.3 is 5.97 Å². The second-order valence-corrected chi connectivity index (χ2v) is 6.85. The summed E-state index contributed by atoms with van der Waals surface area (Å²) in [4.78, 5) is 29.8. The minimum absolute atomic E-state index is 0.0396. The van der Waals surface area contributed by atoms with Crippen LogP contribution in [0.15, 0.2) is 59.1 Å². The van der Waals surface area contributed by atoms with Gasteiger partial charge in [-0.3, -0.25) is 9.59 Å². The monoisotopic (exact) mass is 413 g/mol. The molecule has 29 heavy (non-hydrogen) atoms. The lowest BCUT2D eigenvalue weighted by Gasteiger charge is -2.17. The minimum atomic E-state index is -0.502. The molecular formula is C21H20ClN3O4. The third-order valence-electron chi connectivity index (χ3n) is 4.16. The van der Waals surface area contributed by atoms with Gasteiger partial charge in [-0.25, -0.2) is 0 Å². The van der Waals surface area contributed by atoms with Crippen LogP contribution in [0, 0.1) is 0 Å². The van der Waals surface area contributed by atoms with Crippen LogP contribution in [0.2, 0.25) is 5.02 Å². The molecule has 1 heterocycles. The van der Waals surface area contributed by atoms with E-state index in [0.29, 0.717) is 23.3 Å². The summed E-state index contributed by atoms with van der Waals surface area (Å²) in [6.07, 6.45) is 0.269. The van der Waals surface area contributed by atoms with Crippen molar-refractivity contribution < 1.29 is 18.8 Å². The third-order valence-corrected chi connectivity index (χ3v) is 4.41. The molecule has 0 aliphatic carbocycles. The van der Waals surface area contributed by atoms with Gasteiger partial charge in [-0.15, -0.1) is 0 Å². The Morgan fingerprint density at radius 3 is 2.55 bits per heavy atom. The first-order valence-electron chi connectivity index (χ1n) is 9.03. The van der Waals surface area contributed by atoms with Crippen molar-refractivity contribution in [1.29, 1.82) is 0 Å². The van der Waals surface area contributed by atoms with Gasteiger partial charge in [0, 0.05) is 30.6 Å². The van der Waals surface area contributed by atoms with Crippen molar-refractivity contribution in [3.05, 3.63) is 71.1 Å². The van der Waals surface area contributed by atoms with Crippen LogP contribution in [0.5, 0.6) is 0 Å². The highest BCUT2D eigenvalue weighted by Crippen LogP contribution is 2.19. The van der Waals surface area contributed by atoms with Crippen LogP contribution in [-0.4, -0.2) is 40.6 Å². The minimum Gasteiger partial charge on any atom is -0.456 e. The lowest BCUT2D eigenvalue weighted by Crippen LogP contribution is -2.30. The Morgan fingerprint density at radius 2 is 1.83 bits per heavy atom. The number of esters is 1. The van der Waals surface area contributed by atoms with Gasteiger partial charge in [-0.2, -0.15) is 4.98 Å². The van der Waals surface area contributed by atoms with E-state index < -0.39 is 5.97 Å². The number of carbonyl (C=O) groups excluding carboxylic acids is 2. The largest absolute Gasteiger partial charge is 0.456 e. The Hall–Kier alpha value is -3.19. The first kappa shape index (κ1) is 20.5. The maximum atomic E-state index is 12.1. The summed E-state index contributed by atoms with van der Waals surface area (Å²) in [5, 5.41) is 4.50. The van der Waals surface area contributed by atoms with Crippen LogP contribution in [0.4, 0.5) is 0 Å². The number of rotatable bonds is 8. The lowest BCUT2D eigenvalue weighted by atomic mass is 10.2. The summed E-state index contributed by atoms with van der Waals surface area (Å²) in [5.74, 6) is -0.0371. The molecule has 0 N–H and O–H groups in total. The maximum absolute atomic E-state index is 12.1. The molecular weight excluding hydrogens is 394 g/mol. The smallest absolute Gasteiger partial charge is 0.306 e. The molecule has 0 fully saturated rings. The third kappa shape index (κ3) is 6.15. The van der Waals surface area contributed by atoms with E-state index in [9.17, 15) is 9.59 Å². The SMILES string of the molecule is CN(Cc1ccccc1)C(=O)COC(=O)CCc1nc(-c2ccc(Cl)cc2)no1. The van der Waals surface area contributed by atoms with E-state index in [0.717, 1.165) is 11.1 Å². The van der Waals surface area contributed by atoms with E-state index in [4.69, 9.17) is 20.9 Å². The number of aryl methyl sites for hydroxylation is 1. The molecule has 0 atom stereocenters. The molecule has 3 rings (SSSR count). The number of amides is 1. The van der Waals surface area contributed by atoms with Crippen molar-refractivity contribution in [2.45, 2.75) is 19.4 Å². The molecule has 150 valence electrons. The van der Waals surface area contributed by atoms with E-state index >= 15 is 0 Å². The summed E-state index contributed by atoms with van der Waals surface area (Å²) in [6, 6.07) is 16.6. The molecule has 0 spiro atoms. The van der Waals surface area contributed by atoms with Gasteiger partial charge in [0.1, 0.15) is 0 Å². The van der Waals surface area contributed by atoms with Gasteiger partial charge in [0.25, 0.3) is 5.91 Å². The molecule has 1 aromatic heterocycles. The zero-order chi connectivity index (χ0) is 20.6. The topological polar surface area (TPSA) is 85.5 Å². The average molecular weight is 414 g/mol. The highest BCUT2D eigenvalue weighted by atomic mass is 35.5. The van der Waals surface area contributed by atoms with Crippen LogP contribution >= 0.6 is 11.6 Å². The molecule has 0 aliphatic heterocycles. The summed E-state index contributed by atoms with van der Waals surface area (Å²) >= 11 is 5.86. The van der Waals surface area contributed by atoms with Crippen molar-refractivity contribution in [3.8, 4) is 11.4 Å². The quantitative estimate of drug-likeness (QED) is 0.525. The van der Waals surface area contributed by atoms with Gasteiger partial charge in [0.2, 0.25) is 11.7 Å². The Balaban J connectivity index is 1.42.